The lowest BCUT2D eigenvalue weighted by atomic mass is 9.92. The van der Waals surface area contributed by atoms with Gasteiger partial charge < -0.3 is 10.4 Å². The third kappa shape index (κ3) is 2.74. The van der Waals surface area contributed by atoms with Crippen LogP contribution in [0.25, 0.3) is 10.9 Å². The number of hydrogen-bond acceptors (Lipinski definition) is 5. The van der Waals surface area contributed by atoms with Crippen molar-refractivity contribution in [3.8, 4) is 0 Å². The van der Waals surface area contributed by atoms with Gasteiger partial charge in [-0.1, -0.05) is 25.0 Å². The number of pyridine rings is 1. The Hall–Kier alpha value is -2.21. The summed E-state index contributed by atoms with van der Waals surface area (Å²) in [7, 11) is 0. The zero-order valence-corrected chi connectivity index (χ0v) is 12.5. The fourth-order valence-electron chi connectivity index (χ4n) is 3.11. The van der Waals surface area contributed by atoms with Crippen LogP contribution in [0.3, 0.4) is 0 Å². The van der Waals surface area contributed by atoms with Crippen molar-refractivity contribution in [2.24, 2.45) is 0 Å². The fourth-order valence-corrected chi connectivity index (χ4v) is 3.11. The molecule has 1 aliphatic rings. The summed E-state index contributed by atoms with van der Waals surface area (Å²) in [5, 5.41) is 25.4. The molecular formula is C16H19N3O3. The number of aryl methyl sites for hydroxylation is 1. The second-order valence-corrected chi connectivity index (χ2v) is 5.84. The normalized spacial score (nSPS) is 21.7. The Bertz CT molecular complexity index is 717. The second kappa shape index (κ2) is 5.88. The minimum atomic E-state index is -0.409. The third-order valence-electron chi connectivity index (χ3n) is 4.21. The highest BCUT2D eigenvalue weighted by Crippen LogP contribution is 2.31. The molecule has 0 amide bonds. The first-order valence-corrected chi connectivity index (χ1v) is 7.55. The van der Waals surface area contributed by atoms with E-state index >= 15 is 0 Å². The number of non-ortho nitro benzene ring substituents is 1. The molecule has 1 saturated carbocycles. The first kappa shape index (κ1) is 14.7. The summed E-state index contributed by atoms with van der Waals surface area (Å²) in [6.45, 7) is 1.82. The SMILES string of the molecule is Cc1cc(NC2CCCCC2O)c2cccc([N+](=O)[O-])c2n1. The highest BCUT2D eigenvalue weighted by atomic mass is 16.6. The molecule has 2 aromatic rings. The Balaban J connectivity index is 2.05. The van der Waals surface area contributed by atoms with Crippen LogP contribution in [0.5, 0.6) is 0 Å². The number of nitro benzene ring substituents is 1. The van der Waals surface area contributed by atoms with Crippen molar-refractivity contribution in [1.29, 1.82) is 0 Å². The molecule has 0 bridgehead atoms. The summed E-state index contributed by atoms with van der Waals surface area (Å²) in [5.74, 6) is 0. The first-order valence-electron chi connectivity index (χ1n) is 7.55. The summed E-state index contributed by atoms with van der Waals surface area (Å²) < 4.78 is 0. The highest BCUT2D eigenvalue weighted by Gasteiger charge is 2.24. The first-order chi connectivity index (χ1) is 10.6. The molecule has 0 spiro atoms. The number of aliphatic hydroxyl groups is 1. The largest absolute Gasteiger partial charge is 0.391 e. The lowest BCUT2D eigenvalue weighted by Gasteiger charge is -2.29. The molecule has 6 nitrogen and oxygen atoms in total. The fraction of sp³-hybridized carbons (Fsp3) is 0.438. The predicted octanol–water partition coefficient (Wildman–Crippen LogP) is 3.17. The summed E-state index contributed by atoms with van der Waals surface area (Å²) in [4.78, 5) is 15.1. The molecule has 1 aliphatic carbocycles. The van der Waals surface area contributed by atoms with Crippen molar-refractivity contribution >= 4 is 22.3 Å². The van der Waals surface area contributed by atoms with E-state index in [2.05, 4.69) is 10.3 Å². The van der Waals surface area contributed by atoms with Crippen LogP contribution in [0.15, 0.2) is 24.3 Å². The predicted molar refractivity (Wildman–Crippen MR) is 85.0 cm³/mol. The van der Waals surface area contributed by atoms with E-state index in [9.17, 15) is 15.2 Å². The maximum Gasteiger partial charge on any atom is 0.295 e. The van der Waals surface area contributed by atoms with Crippen LogP contribution in [-0.2, 0) is 0 Å². The van der Waals surface area contributed by atoms with Crippen molar-refractivity contribution in [3.63, 3.8) is 0 Å². The molecule has 3 rings (SSSR count). The third-order valence-corrected chi connectivity index (χ3v) is 4.21. The van der Waals surface area contributed by atoms with E-state index < -0.39 is 4.92 Å². The van der Waals surface area contributed by atoms with E-state index in [0.29, 0.717) is 5.52 Å². The number of nitrogens with zero attached hydrogens (tertiary/aromatic N) is 2. The van der Waals surface area contributed by atoms with E-state index in [1.165, 1.54) is 6.07 Å². The number of nitro groups is 1. The van der Waals surface area contributed by atoms with Gasteiger partial charge in [0, 0.05) is 22.8 Å². The molecule has 2 N–H and O–H groups in total. The smallest absolute Gasteiger partial charge is 0.295 e. The van der Waals surface area contributed by atoms with E-state index in [-0.39, 0.29) is 17.8 Å². The summed E-state index contributed by atoms with van der Waals surface area (Å²) in [5.41, 5.74) is 1.92. The molecule has 6 heteroatoms. The number of hydrogen-bond donors (Lipinski definition) is 2. The Morgan fingerprint density at radius 1 is 1.36 bits per heavy atom. The number of nitrogens with one attached hydrogen (secondary N) is 1. The lowest BCUT2D eigenvalue weighted by Crippen LogP contribution is -2.36. The molecule has 116 valence electrons. The number of rotatable bonds is 3. The molecule has 22 heavy (non-hydrogen) atoms. The van der Waals surface area contributed by atoms with Crippen LogP contribution in [0.4, 0.5) is 11.4 Å². The van der Waals surface area contributed by atoms with E-state index in [1.807, 2.05) is 19.1 Å². The van der Waals surface area contributed by atoms with Crippen molar-refractivity contribution in [2.75, 3.05) is 5.32 Å². The Morgan fingerprint density at radius 3 is 2.86 bits per heavy atom. The summed E-state index contributed by atoms with van der Waals surface area (Å²) >= 11 is 0. The Morgan fingerprint density at radius 2 is 2.14 bits per heavy atom. The number of anilines is 1. The van der Waals surface area contributed by atoms with E-state index in [1.54, 1.807) is 6.07 Å². The maximum absolute atomic E-state index is 11.2. The standard InChI is InChI=1S/C16H19N3O3/c1-10-9-13(18-12-6-2-3-8-15(12)20)11-5-4-7-14(19(21)22)16(11)17-10/h4-5,7,9,12,15,20H,2-3,6,8H2,1H3,(H,17,18). The summed E-state index contributed by atoms with van der Waals surface area (Å²) in [6.07, 6.45) is 3.44. The minimum Gasteiger partial charge on any atom is -0.391 e. The monoisotopic (exact) mass is 301 g/mol. The molecule has 0 radical (unpaired) electrons. The van der Waals surface area contributed by atoms with Gasteiger partial charge in [0.25, 0.3) is 5.69 Å². The van der Waals surface area contributed by atoms with Crippen LogP contribution in [-0.4, -0.2) is 27.2 Å². The van der Waals surface area contributed by atoms with E-state index in [4.69, 9.17) is 0 Å². The average molecular weight is 301 g/mol. The van der Waals surface area contributed by atoms with E-state index in [0.717, 1.165) is 42.5 Å². The van der Waals surface area contributed by atoms with Gasteiger partial charge in [-0.25, -0.2) is 4.98 Å². The highest BCUT2D eigenvalue weighted by molar-refractivity contribution is 5.96. The lowest BCUT2D eigenvalue weighted by molar-refractivity contribution is -0.383. The molecule has 1 aromatic carbocycles. The molecule has 2 unspecified atom stereocenters. The summed E-state index contributed by atoms with van der Waals surface area (Å²) in [6, 6.07) is 6.83. The van der Waals surface area contributed by atoms with Gasteiger partial charge in [0.05, 0.1) is 17.1 Å². The van der Waals surface area contributed by atoms with Crippen LogP contribution in [0, 0.1) is 17.0 Å². The zero-order chi connectivity index (χ0) is 15.7. The van der Waals surface area contributed by atoms with Gasteiger partial charge in [-0.3, -0.25) is 10.1 Å². The molecule has 1 heterocycles. The number of aromatic nitrogens is 1. The minimum absolute atomic E-state index is 0.00782. The van der Waals surface area contributed by atoms with Crippen molar-refractivity contribution in [1.82, 2.24) is 4.98 Å². The zero-order valence-electron chi connectivity index (χ0n) is 12.5. The number of benzene rings is 1. The van der Waals surface area contributed by atoms with Crippen LogP contribution < -0.4 is 5.32 Å². The molecule has 2 atom stereocenters. The quantitative estimate of drug-likeness (QED) is 0.671. The number of aliphatic hydroxyl groups excluding tert-OH is 1. The molecule has 0 aliphatic heterocycles. The van der Waals surface area contributed by atoms with Gasteiger partial charge in [-0.05, 0) is 25.8 Å². The topological polar surface area (TPSA) is 88.3 Å². The van der Waals surface area contributed by atoms with Gasteiger partial charge >= 0.3 is 0 Å². The average Bonchev–Trinajstić information content (AvgIpc) is 2.48. The van der Waals surface area contributed by atoms with Gasteiger partial charge in [0.1, 0.15) is 0 Å². The van der Waals surface area contributed by atoms with Crippen molar-refractivity contribution < 1.29 is 10.0 Å². The molecule has 1 aromatic heterocycles. The number of para-hydroxylation sites is 1. The second-order valence-electron chi connectivity index (χ2n) is 5.84. The van der Waals surface area contributed by atoms with Crippen molar-refractivity contribution in [3.05, 3.63) is 40.1 Å². The number of fused-ring (bicyclic) bond motifs is 1. The molecular weight excluding hydrogens is 282 g/mol. The molecule has 0 saturated heterocycles. The van der Waals surface area contributed by atoms with Gasteiger partial charge in [-0.2, -0.15) is 0 Å². The van der Waals surface area contributed by atoms with Crippen LogP contribution in [0.1, 0.15) is 31.4 Å². The Kier molecular flexibility index (Phi) is 3.94. The molecule has 1 fully saturated rings. The van der Waals surface area contributed by atoms with Crippen LogP contribution >= 0.6 is 0 Å². The van der Waals surface area contributed by atoms with Crippen LogP contribution in [0.2, 0.25) is 0 Å². The Labute approximate surface area is 128 Å². The van der Waals surface area contributed by atoms with Gasteiger partial charge in [-0.15, -0.1) is 0 Å². The maximum atomic E-state index is 11.2. The van der Waals surface area contributed by atoms with Crippen molar-refractivity contribution in [2.45, 2.75) is 44.8 Å². The van der Waals surface area contributed by atoms with Gasteiger partial charge in [0.2, 0.25) is 0 Å². The van der Waals surface area contributed by atoms with Gasteiger partial charge in [0.15, 0.2) is 5.52 Å².